The molecule has 0 atom stereocenters. The molecular formula is C22H28F3N5O2. The van der Waals surface area contributed by atoms with E-state index in [1.54, 1.807) is 0 Å². The van der Waals surface area contributed by atoms with Crippen LogP contribution in [-0.2, 0) is 11.0 Å². The molecule has 0 saturated heterocycles. The average Bonchev–Trinajstić information content (AvgIpc) is 3.22. The fraction of sp³-hybridized carbons (Fsp3) is 0.545. The van der Waals surface area contributed by atoms with E-state index in [1.807, 2.05) is 13.8 Å². The van der Waals surface area contributed by atoms with Gasteiger partial charge in [0.15, 0.2) is 5.82 Å². The second kappa shape index (κ2) is 10.1. The zero-order valence-corrected chi connectivity index (χ0v) is 18.2. The molecule has 1 aliphatic rings. The van der Waals surface area contributed by atoms with Crippen LogP contribution in [0.15, 0.2) is 24.5 Å². The topological polar surface area (TPSA) is 88.9 Å². The van der Waals surface area contributed by atoms with Gasteiger partial charge in [0.2, 0.25) is 5.91 Å². The van der Waals surface area contributed by atoms with Crippen LogP contribution in [0, 0.1) is 5.92 Å². The van der Waals surface area contributed by atoms with Gasteiger partial charge in [0, 0.05) is 25.2 Å². The number of carbonyl (C=O) groups excluding carboxylic acids is 2. The molecule has 2 amide bonds. The average molecular weight is 451 g/mol. The maximum Gasteiger partial charge on any atom is 0.417 e. The van der Waals surface area contributed by atoms with Gasteiger partial charge in [-0.25, -0.2) is 9.67 Å². The first-order valence-corrected chi connectivity index (χ1v) is 10.9. The van der Waals surface area contributed by atoms with Gasteiger partial charge in [0.05, 0.1) is 23.0 Å². The van der Waals surface area contributed by atoms with Gasteiger partial charge >= 0.3 is 6.18 Å². The fourth-order valence-electron chi connectivity index (χ4n) is 3.92. The number of hydrogen-bond donors (Lipinski definition) is 2. The summed E-state index contributed by atoms with van der Waals surface area (Å²) in [7, 11) is 0. The molecule has 0 bridgehead atoms. The number of pyridine rings is 1. The highest BCUT2D eigenvalue weighted by atomic mass is 19.4. The third kappa shape index (κ3) is 5.66. The smallest absolute Gasteiger partial charge is 0.354 e. The van der Waals surface area contributed by atoms with Crippen molar-refractivity contribution < 1.29 is 22.8 Å². The maximum atomic E-state index is 12.8. The number of halogens is 3. The summed E-state index contributed by atoms with van der Waals surface area (Å²) in [4.78, 5) is 28.8. The number of nitrogens with zero attached hydrogens (tertiary/aromatic N) is 3. The zero-order chi connectivity index (χ0) is 23.3. The Kier molecular flexibility index (Phi) is 7.52. The quantitative estimate of drug-likeness (QED) is 0.626. The monoisotopic (exact) mass is 451 g/mol. The zero-order valence-electron chi connectivity index (χ0n) is 18.2. The molecule has 0 radical (unpaired) electrons. The van der Waals surface area contributed by atoms with Gasteiger partial charge in [-0.1, -0.05) is 33.1 Å². The van der Waals surface area contributed by atoms with Gasteiger partial charge in [-0.15, -0.1) is 0 Å². The number of alkyl halides is 3. The molecule has 0 aliphatic heterocycles. The first-order valence-electron chi connectivity index (χ1n) is 10.9. The van der Waals surface area contributed by atoms with Gasteiger partial charge in [0.1, 0.15) is 0 Å². The molecule has 10 heteroatoms. The van der Waals surface area contributed by atoms with Crippen LogP contribution in [-0.4, -0.2) is 39.7 Å². The Labute approximate surface area is 184 Å². The van der Waals surface area contributed by atoms with E-state index in [-0.39, 0.29) is 36.0 Å². The highest BCUT2D eigenvalue weighted by Crippen LogP contribution is 2.29. The highest BCUT2D eigenvalue weighted by molar-refractivity contribution is 5.95. The fourth-order valence-corrected chi connectivity index (χ4v) is 3.92. The standard InChI is InChI=1S/C22H28F3N5O2/c1-14(2)19-17(13-29-30(19)18-9-8-16(12-28-18)22(23,24)25)21(32)27-11-10-26-20(31)15-6-4-3-5-7-15/h8-9,12-15H,3-7,10-11H2,1-2H3,(H,26,31)(H,27,32). The Bertz CT molecular complexity index is 932. The van der Waals surface area contributed by atoms with Crippen LogP contribution in [0.4, 0.5) is 13.2 Å². The van der Waals surface area contributed by atoms with Crippen LogP contribution < -0.4 is 10.6 Å². The van der Waals surface area contributed by atoms with Crippen molar-refractivity contribution in [3.05, 3.63) is 41.3 Å². The van der Waals surface area contributed by atoms with Gasteiger partial charge in [-0.05, 0) is 30.9 Å². The van der Waals surface area contributed by atoms with Crippen molar-refractivity contribution in [3.8, 4) is 5.82 Å². The highest BCUT2D eigenvalue weighted by Gasteiger charge is 2.31. The lowest BCUT2D eigenvalue weighted by Crippen LogP contribution is -2.38. The van der Waals surface area contributed by atoms with Crippen LogP contribution in [0.3, 0.4) is 0 Å². The lowest BCUT2D eigenvalue weighted by Gasteiger charge is -2.20. The summed E-state index contributed by atoms with van der Waals surface area (Å²) >= 11 is 0. The van der Waals surface area contributed by atoms with Crippen molar-refractivity contribution in [1.82, 2.24) is 25.4 Å². The summed E-state index contributed by atoms with van der Waals surface area (Å²) in [5, 5.41) is 9.82. The van der Waals surface area contributed by atoms with Gasteiger partial charge in [0.25, 0.3) is 5.91 Å². The third-order valence-electron chi connectivity index (χ3n) is 5.58. The largest absolute Gasteiger partial charge is 0.417 e. The van der Waals surface area contributed by atoms with Crippen LogP contribution in [0.25, 0.3) is 5.82 Å². The second-order valence-electron chi connectivity index (χ2n) is 8.29. The molecule has 2 heterocycles. The molecule has 1 aliphatic carbocycles. The van der Waals surface area contributed by atoms with Crippen LogP contribution in [0.2, 0.25) is 0 Å². The van der Waals surface area contributed by atoms with Crippen molar-refractivity contribution >= 4 is 11.8 Å². The van der Waals surface area contributed by atoms with Crippen LogP contribution in [0.5, 0.6) is 0 Å². The molecule has 3 rings (SSSR count). The Hall–Kier alpha value is -2.91. The Balaban J connectivity index is 1.63. The van der Waals surface area contributed by atoms with Crippen molar-refractivity contribution in [2.75, 3.05) is 13.1 Å². The summed E-state index contributed by atoms with van der Waals surface area (Å²) in [5.74, 6) is -0.211. The predicted octanol–water partition coefficient (Wildman–Crippen LogP) is 3.84. The summed E-state index contributed by atoms with van der Waals surface area (Å²) < 4.78 is 39.8. The molecule has 2 aromatic rings. The molecule has 0 unspecified atom stereocenters. The summed E-state index contributed by atoms with van der Waals surface area (Å²) in [6, 6.07) is 2.16. The summed E-state index contributed by atoms with van der Waals surface area (Å²) in [5.41, 5.74) is 0.00838. The molecule has 32 heavy (non-hydrogen) atoms. The van der Waals surface area contributed by atoms with E-state index >= 15 is 0 Å². The molecular weight excluding hydrogens is 423 g/mol. The SMILES string of the molecule is CC(C)c1c(C(=O)NCCNC(=O)C2CCCCC2)cnn1-c1ccc(C(F)(F)F)cn1. The van der Waals surface area contributed by atoms with Crippen molar-refractivity contribution in [3.63, 3.8) is 0 Å². The van der Waals surface area contributed by atoms with E-state index in [0.717, 1.165) is 37.9 Å². The van der Waals surface area contributed by atoms with Gasteiger partial charge < -0.3 is 10.6 Å². The number of rotatable bonds is 7. The lowest BCUT2D eigenvalue weighted by molar-refractivity contribution is -0.137. The molecule has 0 aromatic carbocycles. The van der Waals surface area contributed by atoms with Gasteiger partial charge in [-0.2, -0.15) is 18.3 Å². The third-order valence-corrected chi connectivity index (χ3v) is 5.58. The normalized spacial score (nSPS) is 15.1. The molecule has 1 saturated carbocycles. The van der Waals surface area contributed by atoms with E-state index in [4.69, 9.17) is 0 Å². The summed E-state index contributed by atoms with van der Waals surface area (Å²) in [6.45, 7) is 4.31. The maximum absolute atomic E-state index is 12.8. The molecule has 2 aromatic heterocycles. The minimum absolute atomic E-state index is 0.0306. The Morgan fingerprint density at radius 1 is 1.09 bits per heavy atom. The molecule has 0 spiro atoms. The van der Waals surface area contributed by atoms with E-state index in [2.05, 4.69) is 20.7 Å². The molecule has 2 N–H and O–H groups in total. The predicted molar refractivity (Wildman–Crippen MR) is 112 cm³/mol. The van der Waals surface area contributed by atoms with Crippen LogP contribution >= 0.6 is 0 Å². The lowest BCUT2D eigenvalue weighted by atomic mass is 9.89. The number of hydrogen-bond acceptors (Lipinski definition) is 4. The number of carbonyl (C=O) groups is 2. The first kappa shape index (κ1) is 23.7. The molecule has 7 nitrogen and oxygen atoms in total. The first-order chi connectivity index (χ1) is 15.2. The second-order valence-corrected chi connectivity index (χ2v) is 8.29. The minimum Gasteiger partial charge on any atom is -0.354 e. The minimum atomic E-state index is -4.48. The number of aromatic nitrogens is 3. The summed E-state index contributed by atoms with van der Waals surface area (Å²) in [6.07, 6.45) is 2.79. The van der Waals surface area contributed by atoms with E-state index in [9.17, 15) is 22.8 Å². The Morgan fingerprint density at radius 3 is 2.38 bits per heavy atom. The van der Waals surface area contributed by atoms with E-state index in [0.29, 0.717) is 17.8 Å². The van der Waals surface area contributed by atoms with Crippen molar-refractivity contribution in [2.45, 2.75) is 58.0 Å². The molecule has 1 fully saturated rings. The number of amides is 2. The van der Waals surface area contributed by atoms with Crippen molar-refractivity contribution in [1.29, 1.82) is 0 Å². The van der Waals surface area contributed by atoms with Crippen molar-refractivity contribution in [2.24, 2.45) is 5.92 Å². The Morgan fingerprint density at radius 2 is 1.78 bits per heavy atom. The van der Waals surface area contributed by atoms with Gasteiger partial charge in [-0.3, -0.25) is 9.59 Å². The number of nitrogens with one attached hydrogen (secondary N) is 2. The molecule has 174 valence electrons. The van der Waals surface area contributed by atoms with E-state index < -0.39 is 11.7 Å². The van der Waals surface area contributed by atoms with Crippen LogP contribution in [0.1, 0.15) is 73.5 Å². The van der Waals surface area contributed by atoms with E-state index in [1.165, 1.54) is 23.4 Å².